The molecule has 1 atom stereocenters. The molecule has 0 aromatic heterocycles. The number of sulfone groups is 1. The van der Waals surface area contributed by atoms with Crippen LogP contribution in [0.5, 0.6) is 0 Å². The Morgan fingerprint density at radius 2 is 1.91 bits per heavy atom. The summed E-state index contributed by atoms with van der Waals surface area (Å²) in [5, 5.41) is 0. The molecule has 8 heteroatoms. The van der Waals surface area contributed by atoms with Gasteiger partial charge in [0.25, 0.3) is 0 Å². The minimum Gasteiger partial charge on any atom is -0.229 e. The predicted molar refractivity (Wildman–Crippen MR) is 90.0 cm³/mol. The highest BCUT2D eigenvalue weighted by atomic mass is 79.9. The van der Waals surface area contributed by atoms with Gasteiger partial charge in [0.2, 0.25) is 10.0 Å². The number of hydrogen-bond acceptors (Lipinski definition) is 4. The highest BCUT2D eigenvalue weighted by Gasteiger charge is 2.38. The molecular formula is C14H20BrNO4S2. The summed E-state index contributed by atoms with van der Waals surface area (Å²) in [6, 6.07) is 5.99. The van der Waals surface area contributed by atoms with E-state index in [1.807, 2.05) is 6.92 Å². The summed E-state index contributed by atoms with van der Waals surface area (Å²) < 4.78 is 51.3. The largest absolute Gasteiger partial charge is 0.243 e. The molecule has 0 N–H and O–H groups in total. The van der Waals surface area contributed by atoms with E-state index in [4.69, 9.17) is 0 Å². The smallest absolute Gasteiger partial charge is 0.229 e. The minimum atomic E-state index is -3.68. The van der Waals surface area contributed by atoms with Crippen molar-refractivity contribution >= 4 is 35.8 Å². The van der Waals surface area contributed by atoms with E-state index < -0.39 is 25.9 Å². The molecule has 2 rings (SSSR count). The molecule has 5 nitrogen and oxygen atoms in total. The van der Waals surface area contributed by atoms with E-state index in [-0.39, 0.29) is 16.4 Å². The first kappa shape index (κ1) is 17.9. The molecule has 124 valence electrons. The highest BCUT2D eigenvalue weighted by Crippen LogP contribution is 2.26. The third kappa shape index (κ3) is 4.10. The molecule has 0 saturated carbocycles. The zero-order valence-corrected chi connectivity index (χ0v) is 15.6. The van der Waals surface area contributed by atoms with Gasteiger partial charge in [-0.05, 0) is 37.1 Å². The van der Waals surface area contributed by atoms with Crippen LogP contribution in [0.25, 0.3) is 0 Å². The molecular weight excluding hydrogens is 390 g/mol. The van der Waals surface area contributed by atoms with Crippen molar-refractivity contribution in [2.75, 3.05) is 18.1 Å². The highest BCUT2D eigenvalue weighted by molar-refractivity contribution is 9.10. The zero-order valence-electron chi connectivity index (χ0n) is 12.4. The van der Waals surface area contributed by atoms with E-state index in [1.54, 1.807) is 24.3 Å². The summed E-state index contributed by atoms with van der Waals surface area (Å²) in [5.41, 5.74) is 0. The summed E-state index contributed by atoms with van der Waals surface area (Å²) in [5.74, 6) is -0.0113. The quantitative estimate of drug-likeness (QED) is 0.722. The monoisotopic (exact) mass is 409 g/mol. The third-order valence-corrected chi connectivity index (χ3v) is 8.01. The number of rotatable bonds is 6. The van der Waals surface area contributed by atoms with Crippen LogP contribution >= 0.6 is 15.9 Å². The molecule has 1 saturated heterocycles. The van der Waals surface area contributed by atoms with Gasteiger partial charge < -0.3 is 0 Å². The van der Waals surface area contributed by atoms with Crippen LogP contribution in [0.1, 0.15) is 26.2 Å². The van der Waals surface area contributed by atoms with Gasteiger partial charge in [-0.1, -0.05) is 29.3 Å². The number of hydrogen-bond donors (Lipinski definition) is 0. The Morgan fingerprint density at radius 1 is 1.27 bits per heavy atom. The summed E-state index contributed by atoms with van der Waals surface area (Å²) in [4.78, 5) is 0.205. The molecule has 0 amide bonds. The molecule has 1 aliphatic heterocycles. The van der Waals surface area contributed by atoms with Crippen molar-refractivity contribution in [3.8, 4) is 0 Å². The minimum absolute atomic E-state index is 0.0656. The Morgan fingerprint density at radius 3 is 2.41 bits per heavy atom. The van der Waals surface area contributed by atoms with Gasteiger partial charge in [0, 0.05) is 17.1 Å². The maximum Gasteiger partial charge on any atom is 0.243 e. The van der Waals surface area contributed by atoms with Crippen LogP contribution in [0.2, 0.25) is 0 Å². The number of benzene rings is 1. The van der Waals surface area contributed by atoms with E-state index in [9.17, 15) is 16.8 Å². The molecule has 1 aromatic rings. The molecule has 0 aliphatic carbocycles. The van der Waals surface area contributed by atoms with Crippen LogP contribution in [0, 0.1) is 0 Å². The van der Waals surface area contributed by atoms with Crippen LogP contribution in [-0.2, 0) is 19.9 Å². The lowest BCUT2D eigenvalue weighted by Crippen LogP contribution is -2.41. The Bertz CT molecular complexity index is 714. The van der Waals surface area contributed by atoms with Crippen molar-refractivity contribution in [3.63, 3.8) is 0 Å². The summed E-state index contributed by atoms with van der Waals surface area (Å²) in [6.45, 7) is 2.34. The van der Waals surface area contributed by atoms with Crippen LogP contribution < -0.4 is 0 Å². The average Bonchev–Trinajstić information content (AvgIpc) is 2.79. The second-order valence-corrected chi connectivity index (χ2v) is 10.5. The third-order valence-electron chi connectivity index (χ3n) is 3.77. The van der Waals surface area contributed by atoms with Crippen molar-refractivity contribution < 1.29 is 16.8 Å². The Labute approximate surface area is 140 Å². The van der Waals surface area contributed by atoms with Gasteiger partial charge in [-0.25, -0.2) is 16.8 Å². The second-order valence-electron chi connectivity index (χ2n) is 5.48. The van der Waals surface area contributed by atoms with Crippen molar-refractivity contribution in [3.05, 3.63) is 28.7 Å². The Balaban J connectivity index is 2.33. The van der Waals surface area contributed by atoms with Gasteiger partial charge >= 0.3 is 0 Å². The van der Waals surface area contributed by atoms with Crippen molar-refractivity contribution in [1.29, 1.82) is 0 Å². The Hall–Kier alpha value is -0.440. The molecule has 22 heavy (non-hydrogen) atoms. The molecule has 1 fully saturated rings. The van der Waals surface area contributed by atoms with E-state index >= 15 is 0 Å². The van der Waals surface area contributed by atoms with Crippen LogP contribution in [0.15, 0.2) is 33.6 Å². The second kappa shape index (κ2) is 6.98. The van der Waals surface area contributed by atoms with E-state index in [1.165, 1.54) is 4.31 Å². The molecule has 0 bridgehead atoms. The van der Waals surface area contributed by atoms with Crippen LogP contribution in [0.3, 0.4) is 0 Å². The van der Waals surface area contributed by atoms with Crippen molar-refractivity contribution in [2.24, 2.45) is 0 Å². The lowest BCUT2D eigenvalue weighted by molar-refractivity contribution is 0.335. The van der Waals surface area contributed by atoms with Gasteiger partial charge in [0.05, 0.1) is 16.4 Å². The first-order chi connectivity index (χ1) is 10.3. The predicted octanol–water partition coefficient (Wildman–Crippen LogP) is 2.43. The summed E-state index contributed by atoms with van der Waals surface area (Å²) in [7, 11) is -6.80. The summed E-state index contributed by atoms with van der Waals surface area (Å²) >= 11 is 3.28. The Kier molecular flexibility index (Phi) is 5.68. The summed E-state index contributed by atoms with van der Waals surface area (Å²) in [6.07, 6.45) is 1.94. The van der Waals surface area contributed by atoms with E-state index in [0.29, 0.717) is 19.4 Å². The standard InChI is InChI=1S/C14H20BrNO4S2/c1-2-3-9-16(13-8-10-21(17,18)11-13)22(19,20)14-6-4-12(15)5-7-14/h4-7,13H,2-3,8-11H2,1H3/t13-/m0/s1. The van der Waals surface area contributed by atoms with Gasteiger partial charge in [-0.2, -0.15) is 4.31 Å². The number of unbranched alkanes of at least 4 members (excludes halogenated alkanes) is 1. The van der Waals surface area contributed by atoms with Crippen molar-refractivity contribution in [1.82, 2.24) is 4.31 Å². The number of halogens is 1. The molecule has 1 aromatic carbocycles. The van der Waals surface area contributed by atoms with E-state index in [0.717, 1.165) is 10.9 Å². The van der Waals surface area contributed by atoms with Gasteiger partial charge in [0.1, 0.15) is 0 Å². The van der Waals surface area contributed by atoms with Gasteiger partial charge in [-0.15, -0.1) is 0 Å². The number of sulfonamides is 1. The SMILES string of the molecule is CCCCN([C@H]1CCS(=O)(=O)C1)S(=O)(=O)c1ccc(Br)cc1. The number of nitrogens with zero attached hydrogens (tertiary/aromatic N) is 1. The zero-order chi connectivity index (χ0) is 16.4. The lowest BCUT2D eigenvalue weighted by atomic mass is 10.2. The fraction of sp³-hybridized carbons (Fsp3) is 0.571. The van der Waals surface area contributed by atoms with Gasteiger partial charge in [-0.3, -0.25) is 0 Å². The fourth-order valence-electron chi connectivity index (χ4n) is 2.56. The van der Waals surface area contributed by atoms with Crippen LogP contribution in [0.4, 0.5) is 0 Å². The van der Waals surface area contributed by atoms with Gasteiger partial charge in [0.15, 0.2) is 9.84 Å². The lowest BCUT2D eigenvalue weighted by Gasteiger charge is -2.27. The maximum absolute atomic E-state index is 12.9. The molecule has 0 spiro atoms. The van der Waals surface area contributed by atoms with Crippen molar-refractivity contribution in [2.45, 2.75) is 37.1 Å². The topological polar surface area (TPSA) is 71.5 Å². The first-order valence-electron chi connectivity index (χ1n) is 7.24. The molecule has 0 radical (unpaired) electrons. The molecule has 1 aliphatic rings. The maximum atomic E-state index is 12.9. The molecule has 1 heterocycles. The fourth-order valence-corrected chi connectivity index (χ4v) is 6.34. The normalized spacial score (nSPS) is 21.3. The molecule has 0 unspecified atom stereocenters. The van der Waals surface area contributed by atoms with E-state index in [2.05, 4.69) is 15.9 Å². The first-order valence-corrected chi connectivity index (χ1v) is 11.3. The average molecular weight is 410 g/mol. The van der Waals surface area contributed by atoms with Crippen LogP contribution in [-0.4, -0.2) is 45.2 Å².